The van der Waals surface area contributed by atoms with Crippen molar-refractivity contribution in [2.75, 3.05) is 18.9 Å². The summed E-state index contributed by atoms with van der Waals surface area (Å²) >= 11 is 7.25. The van der Waals surface area contributed by atoms with Gasteiger partial charge in [-0.15, -0.1) is 0 Å². The van der Waals surface area contributed by atoms with Crippen LogP contribution in [0.2, 0.25) is 5.02 Å². The Morgan fingerprint density at radius 1 is 1.45 bits per heavy atom. The second-order valence-electron chi connectivity index (χ2n) is 4.06. The fraction of sp³-hybridized carbons (Fsp3) is 0.333. The zero-order chi connectivity index (χ0) is 16.0. The molecule has 0 spiro atoms. The third-order valence-corrected chi connectivity index (χ3v) is 5.12. The maximum Gasteiger partial charge on any atom is 0.244 e. The Labute approximate surface area is 137 Å². The van der Waals surface area contributed by atoms with E-state index in [1.54, 1.807) is 19.1 Å². The van der Waals surface area contributed by atoms with Crippen molar-refractivity contribution in [1.29, 1.82) is 0 Å². The zero-order valence-electron chi connectivity index (χ0n) is 11.7. The van der Waals surface area contributed by atoms with Crippen LogP contribution >= 0.6 is 23.4 Å². The first-order valence-electron chi connectivity index (χ1n) is 6.43. The Hall–Kier alpha value is -1.29. The number of sulfonamides is 1. The summed E-state index contributed by atoms with van der Waals surface area (Å²) in [5, 5.41) is 7.37. The predicted molar refractivity (Wildman–Crippen MR) is 84.9 cm³/mol. The molecule has 0 radical (unpaired) electrons. The van der Waals surface area contributed by atoms with Crippen LogP contribution < -0.4 is 9.46 Å². The molecule has 1 heterocycles. The molecule has 0 bridgehead atoms. The van der Waals surface area contributed by atoms with E-state index >= 15 is 0 Å². The molecule has 120 valence electrons. The number of thioether (sulfide) groups is 1. The summed E-state index contributed by atoms with van der Waals surface area (Å²) in [5.74, 6) is 0.793. The summed E-state index contributed by atoms with van der Waals surface area (Å²) in [4.78, 5) is 3.97. The quantitative estimate of drug-likeness (QED) is 0.550. The van der Waals surface area contributed by atoms with Crippen molar-refractivity contribution in [3.63, 3.8) is 0 Å². The maximum absolute atomic E-state index is 12.3. The molecule has 7 nitrogen and oxygen atoms in total. The summed E-state index contributed by atoms with van der Waals surface area (Å²) in [7, 11) is -3.70. The van der Waals surface area contributed by atoms with Gasteiger partial charge in [0.1, 0.15) is 17.0 Å². The minimum atomic E-state index is -3.70. The first-order chi connectivity index (χ1) is 10.5. The normalized spacial score (nSPS) is 11.5. The number of ether oxygens (including phenoxy) is 1. The van der Waals surface area contributed by atoms with Crippen LogP contribution in [-0.2, 0) is 10.0 Å². The van der Waals surface area contributed by atoms with Crippen molar-refractivity contribution in [2.24, 2.45) is 0 Å². The summed E-state index contributed by atoms with van der Waals surface area (Å²) in [6, 6.07) is 4.51. The number of hydrogen-bond donors (Lipinski definition) is 2. The highest BCUT2D eigenvalue weighted by molar-refractivity contribution is 7.99. The van der Waals surface area contributed by atoms with Crippen molar-refractivity contribution in [1.82, 2.24) is 19.9 Å². The molecule has 2 N–H and O–H groups in total. The number of rotatable bonds is 8. The molecule has 0 saturated carbocycles. The van der Waals surface area contributed by atoms with Crippen LogP contribution in [0.4, 0.5) is 0 Å². The zero-order valence-corrected chi connectivity index (χ0v) is 14.1. The van der Waals surface area contributed by atoms with Gasteiger partial charge >= 0.3 is 0 Å². The SMILES string of the molecule is CCOc1ccc(Cl)cc1S(=O)(=O)NCCSc1ncn[nH]1. The second-order valence-corrected chi connectivity index (χ2v) is 7.32. The lowest BCUT2D eigenvalue weighted by atomic mass is 10.3. The molecule has 0 aliphatic heterocycles. The van der Waals surface area contributed by atoms with E-state index in [0.29, 0.717) is 22.5 Å². The minimum absolute atomic E-state index is 0.0338. The van der Waals surface area contributed by atoms with Crippen molar-refractivity contribution in [3.05, 3.63) is 29.5 Å². The van der Waals surface area contributed by atoms with Gasteiger partial charge in [0.25, 0.3) is 0 Å². The number of aromatic amines is 1. The Morgan fingerprint density at radius 2 is 2.27 bits per heavy atom. The van der Waals surface area contributed by atoms with Gasteiger partial charge in [0, 0.05) is 17.3 Å². The number of nitrogens with zero attached hydrogens (tertiary/aromatic N) is 2. The summed E-state index contributed by atoms with van der Waals surface area (Å²) in [6.45, 7) is 2.39. The number of benzene rings is 1. The molecular formula is C12H15ClN4O3S2. The van der Waals surface area contributed by atoms with Crippen LogP contribution in [0, 0.1) is 0 Å². The monoisotopic (exact) mass is 362 g/mol. The highest BCUT2D eigenvalue weighted by atomic mass is 35.5. The van der Waals surface area contributed by atoms with Gasteiger partial charge in [-0.25, -0.2) is 18.1 Å². The first kappa shape index (κ1) is 17.1. The lowest BCUT2D eigenvalue weighted by Crippen LogP contribution is -2.26. The molecule has 0 amide bonds. The van der Waals surface area contributed by atoms with Crippen molar-refractivity contribution < 1.29 is 13.2 Å². The third kappa shape index (κ3) is 4.60. The maximum atomic E-state index is 12.3. The number of aromatic nitrogens is 3. The van der Waals surface area contributed by atoms with Gasteiger partial charge in [0.2, 0.25) is 10.0 Å². The van der Waals surface area contributed by atoms with E-state index in [1.807, 2.05) is 0 Å². The molecule has 10 heteroatoms. The van der Waals surface area contributed by atoms with E-state index in [-0.39, 0.29) is 17.2 Å². The van der Waals surface area contributed by atoms with Gasteiger partial charge in [0.05, 0.1) is 6.61 Å². The van der Waals surface area contributed by atoms with Crippen LogP contribution in [0.3, 0.4) is 0 Å². The predicted octanol–water partition coefficient (Wildman–Crippen LogP) is 1.93. The summed E-state index contributed by atoms with van der Waals surface area (Å²) < 4.78 is 32.5. The largest absolute Gasteiger partial charge is 0.492 e. The highest BCUT2D eigenvalue weighted by Crippen LogP contribution is 2.27. The topological polar surface area (TPSA) is 97.0 Å². The second kappa shape index (κ2) is 7.82. The summed E-state index contributed by atoms with van der Waals surface area (Å²) in [5.41, 5.74) is 0. The molecular weight excluding hydrogens is 348 g/mol. The van der Waals surface area contributed by atoms with Crippen molar-refractivity contribution >= 4 is 33.4 Å². The lowest BCUT2D eigenvalue weighted by molar-refractivity contribution is 0.331. The molecule has 0 aliphatic rings. The molecule has 0 unspecified atom stereocenters. The smallest absolute Gasteiger partial charge is 0.244 e. The van der Waals surface area contributed by atoms with Gasteiger partial charge < -0.3 is 4.74 Å². The average molecular weight is 363 g/mol. The number of hydrogen-bond acceptors (Lipinski definition) is 6. The van der Waals surface area contributed by atoms with Gasteiger partial charge in [0.15, 0.2) is 5.16 Å². The van der Waals surface area contributed by atoms with Crippen molar-refractivity contribution in [3.8, 4) is 5.75 Å². The number of H-pyrrole nitrogens is 1. The fourth-order valence-corrected chi connectivity index (χ4v) is 3.83. The molecule has 1 aromatic carbocycles. The Morgan fingerprint density at radius 3 is 2.95 bits per heavy atom. The molecule has 2 rings (SSSR count). The third-order valence-electron chi connectivity index (χ3n) is 2.52. The molecule has 0 aliphatic carbocycles. The molecule has 0 saturated heterocycles. The first-order valence-corrected chi connectivity index (χ1v) is 9.28. The van der Waals surface area contributed by atoms with Crippen LogP contribution in [0.1, 0.15) is 6.92 Å². The van der Waals surface area contributed by atoms with Crippen LogP contribution in [0.5, 0.6) is 5.75 Å². The molecule has 0 atom stereocenters. The van der Waals surface area contributed by atoms with Gasteiger partial charge in [-0.05, 0) is 25.1 Å². The average Bonchev–Trinajstić information content (AvgIpc) is 2.99. The lowest BCUT2D eigenvalue weighted by Gasteiger charge is -2.12. The Balaban J connectivity index is 2.01. The van der Waals surface area contributed by atoms with E-state index in [2.05, 4.69) is 19.9 Å². The summed E-state index contributed by atoms with van der Waals surface area (Å²) in [6.07, 6.45) is 1.40. The standard InChI is InChI=1S/C12H15ClN4O3S2/c1-2-20-10-4-3-9(13)7-11(10)22(18,19)16-5-6-21-12-14-8-15-17-12/h3-4,7-8,16H,2,5-6H2,1H3,(H,14,15,17). The fourth-order valence-electron chi connectivity index (χ4n) is 1.63. The molecule has 0 fully saturated rings. The highest BCUT2D eigenvalue weighted by Gasteiger charge is 2.19. The number of halogens is 1. The molecule has 22 heavy (non-hydrogen) atoms. The minimum Gasteiger partial charge on any atom is -0.492 e. The van der Waals surface area contributed by atoms with Crippen LogP contribution in [0.25, 0.3) is 0 Å². The van der Waals surface area contributed by atoms with Crippen molar-refractivity contribution in [2.45, 2.75) is 17.0 Å². The van der Waals surface area contributed by atoms with E-state index < -0.39 is 10.0 Å². The van der Waals surface area contributed by atoms with E-state index in [1.165, 1.54) is 24.2 Å². The van der Waals surface area contributed by atoms with E-state index in [9.17, 15) is 8.42 Å². The van der Waals surface area contributed by atoms with Gasteiger partial charge in [-0.1, -0.05) is 23.4 Å². The van der Waals surface area contributed by atoms with E-state index in [4.69, 9.17) is 16.3 Å². The van der Waals surface area contributed by atoms with Gasteiger partial charge in [-0.2, -0.15) is 5.10 Å². The molecule has 1 aromatic heterocycles. The van der Waals surface area contributed by atoms with Gasteiger partial charge in [-0.3, -0.25) is 5.10 Å². The van der Waals surface area contributed by atoms with Crippen LogP contribution in [0.15, 0.2) is 34.6 Å². The Kier molecular flexibility index (Phi) is 6.07. The van der Waals surface area contributed by atoms with E-state index in [0.717, 1.165) is 0 Å². The number of nitrogens with one attached hydrogen (secondary N) is 2. The Bertz CT molecular complexity index is 707. The molecule has 2 aromatic rings. The van der Waals surface area contributed by atoms with Crippen LogP contribution in [-0.4, -0.2) is 42.5 Å².